The molecule has 5 nitrogen and oxygen atoms in total. The number of nitrogens with zero attached hydrogens (tertiary/aromatic N) is 2. The normalized spacial score (nSPS) is 32.2. The molecule has 5 aliphatic rings. The number of piperazine rings is 1. The van der Waals surface area contributed by atoms with Gasteiger partial charge in [-0.3, -0.25) is 9.69 Å². The zero-order valence-electron chi connectivity index (χ0n) is 14.8. The van der Waals surface area contributed by atoms with Crippen molar-refractivity contribution in [3.63, 3.8) is 0 Å². The number of fused-ring (bicyclic) bond motifs is 4. The molecule has 0 radical (unpaired) electrons. The lowest BCUT2D eigenvalue weighted by atomic mass is 9.92. The number of nitrogens with one attached hydrogen (secondary N) is 2. The van der Waals surface area contributed by atoms with Gasteiger partial charge < -0.3 is 15.5 Å². The van der Waals surface area contributed by atoms with E-state index in [-0.39, 0.29) is 5.91 Å². The van der Waals surface area contributed by atoms with E-state index in [4.69, 9.17) is 0 Å². The van der Waals surface area contributed by atoms with Gasteiger partial charge in [-0.15, -0.1) is 0 Å². The Morgan fingerprint density at radius 1 is 1.12 bits per heavy atom. The highest BCUT2D eigenvalue weighted by atomic mass is 16.2. The van der Waals surface area contributed by atoms with Crippen LogP contribution in [0.5, 0.6) is 0 Å². The lowest BCUT2D eigenvalue weighted by Gasteiger charge is -2.46. The third-order valence-electron chi connectivity index (χ3n) is 6.64. The molecule has 1 aromatic carbocycles. The van der Waals surface area contributed by atoms with Gasteiger partial charge in [0.1, 0.15) is 0 Å². The molecule has 3 atom stereocenters. The van der Waals surface area contributed by atoms with E-state index in [0.29, 0.717) is 18.1 Å². The smallest absolute Gasteiger partial charge is 0.254 e. The van der Waals surface area contributed by atoms with Crippen molar-refractivity contribution in [1.82, 2.24) is 20.4 Å². The van der Waals surface area contributed by atoms with Crippen LogP contribution in [0.15, 0.2) is 18.2 Å². The second kappa shape index (κ2) is 6.38. The summed E-state index contributed by atoms with van der Waals surface area (Å²) in [5, 5.41) is 7.08. The fraction of sp³-hybridized carbons (Fsp3) is 0.650. The summed E-state index contributed by atoms with van der Waals surface area (Å²) in [5.41, 5.74) is 3.60. The van der Waals surface area contributed by atoms with E-state index in [1.165, 1.54) is 30.4 Å². The molecule has 0 spiro atoms. The highest BCUT2D eigenvalue weighted by Crippen LogP contribution is 2.31. The molecular weight excluding hydrogens is 312 g/mol. The van der Waals surface area contributed by atoms with Gasteiger partial charge in [-0.2, -0.15) is 0 Å². The Kier molecular flexibility index (Phi) is 4.03. The highest BCUT2D eigenvalue weighted by Gasteiger charge is 2.37. The van der Waals surface area contributed by atoms with Gasteiger partial charge in [0, 0.05) is 56.4 Å². The first-order valence-corrected chi connectivity index (χ1v) is 9.89. The minimum Gasteiger partial charge on any atom is -0.330 e. The minimum atomic E-state index is 0.243. The summed E-state index contributed by atoms with van der Waals surface area (Å²) in [5.74, 6) is 0.243. The SMILES string of the molecule is O=C1c2cccc(CN3CC4CCC3CN4)c2CN1C1CCCNC1. The van der Waals surface area contributed by atoms with E-state index in [9.17, 15) is 4.79 Å². The fourth-order valence-corrected chi connectivity index (χ4v) is 5.17. The number of carbonyl (C=O) groups excluding carboxylic acids is 1. The fourth-order valence-electron chi connectivity index (χ4n) is 5.17. The molecule has 5 heteroatoms. The maximum Gasteiger partial charge on any atom is 0.254 e. The van der Waals surface area contributed by atoms with Gasteiger partial charge in [-0.1, -0.05) is 12.1 Å². The highest BCUT2D eigenvalue weighted by molar-refractivity contribution is 5.99. The third-order valence-corrected chi connectivity index (χ3v) is 6.64. The Hall–Kier alpha value is -1.43. The number of piperidine rings is 3. The van der Waals surface area contributed by atoms with Crippen molar-refractivity contribution in [3.8, 4) is 0 Å². The monoisotopic (exact) mass is 340 g/mol. The van der Waals surface area contributed by atoms with E-state index in [2.05, 4.69) is 32.6 Å². The van der Waals surface area contributed by atoms with Crippen molar-refractivity contribution in [2.75, 3.05) is 26.2 Å². The van der Waals surface area contributed by atoms with Crippen molar-refractivity contribution in [2.45, 2.75) is 56.9 Å². The van der Waals surface area contributed by atoms with Crippen LogP contribution in [0.2, 0.25) is 0 Å². The summed E-state index contributed by atoms with van der Waals surface area (Å²) < 4.78 is 0. The van der Waals surface area contributed by atoms with E-state index in [1.54, 1.807) is 0 Å². The summed E-state index contributed by atoms with van der Waals surface area (Å²) in [6.45, 7) is 6.10. The molecule has 6 rings (SSSR count). The summed E-state index contributed by atoms with van der Waals surface area (Å²) in [7, 11) is 0. The molecule has 0 saturated carbocycles. The summed E-state index contributed by atoms with van der Waals surface area (Å²) in [6, 6.07) is 8.03. The van der Waals surface area contributed by atoms with Crippen molar-refractivity contribution >= 4 is 5.91 Å². The molecule has 2 N–H and O–H groups in total. The molecule has 25 heavy (non-hydrogen) atoms. The lowest BCUT2D eigenvalue weighted by molar-refractivity contribution is 0.0662. The second-order valence-corrected chi connectivity index (χ2v) is 8.14. The van der Waals surface area contributed by atoms with Crippen LogP contribution in [0.4, 0.5) is 0 Å². The molecule has 3 unspecified atom stereocenters. The van der Waals surface area contributed by atoms with E-state index < -0.39 is 0 Å². The Bertz CT molecular complexity index is 662. The summed E-state index contributed by atoms with van der Waals surface area (Å²) >= 11 is 0. The lowest BCUT2D eigenvalue weighted by Crippen LogP contribution is -2.60. The number of rotatable bonds is 3. The predicted molar refractivity (Wildman–Crippen MR) is 97.4 cm³/mol. The number of benzene rings is 1. The molecule has 5 aliphatic heterocycles. The number of hydrogen-bond donors (Lipinski definition) is 2. The Labute approximate surface area is 149 Å². The topological polar surface area (TPSA) is 47.6 Å². The standard InChI is InChI=1S/C20H28N4O/c25-20-18-5-1-3-14(11-23-12-15-6-7-16(23)10-22-15)19(18)13-24(20)17-4-2-8-21-9-17/h1,3,5,15-17,21-22H,2,4,6-13H2. The van der Waals surface area contributed by atoms with Crippen molar-refractivity contribution in [3.05, 3.63) is 34.9 Å². The molecule has 1 aromatic rings. The summed E-state index contributed by atoms with van der Waals surface area (Å²) in [4.78, 5) is 17.7. The molecule has 1 amide bonds. The molecule has 5 heterocycles. The second-order valence-electron chi connectivity index (χ2n) is 8.14. The third kappa shape index (κ3) is 2.78. The van der Waals surface area contributed by atoms with Gasteiger partial charge in [0.05, 0.1) is 0 Å². The predicted octanol–water partition coefficient (Wildman–Crippen LogP) is 1.33. The van der Waals surface area contributed by atoms with Crippen LogP contribution in [-0.4, -0.2) is 60.0 Å². The van der Waals surface area contributed by atoms with Crippen LogP contribution < -0.4 is 10.6 Å². The van der Waals surface area contributed by atoms with Gasteiger partial charge in [0.15, 0.2) is 0 Å². The molecule has 2 bridgehead atoms. The minimum absolute atomic E-state index is 0.243. The Morgan fingerprint density at radius 2 is 2.08 bits per heavy atom. The average Bonchev–Trinajstić information content (AvgIpc) is 3.02. The first kappa shape index (κ1) is 15.8. The maximum absolute atomic E-state index is 12.9. The van der Waals surface area contributed by atoms with Crippen molar-refractivity contribution < 1.29 is 4.79 Å². The zero-order valence-corrected chi connectivity index (χ0v) is 14.8. The maximum atomic E-state index is 12.9. The quantitative estimate of drug-likeness (QED) is 0.872. The number of hydrogen-bond acceptors (Lipinski definition) is 4. The van der Waals surface area contributed by atoms with Gasteiger partial charge >= 0.3 is 0 Å². The average molecular weight is 340 g/mol. The van der Waals surface area contributed by atoms with Crippen LogP contribution in [-0.2, 0) is 13.1 Å². The van der Waals surface area contributed by atoms with Gasteiger partial charge in [0.2, 0.25) is 0 Å². The first-order chi connectivity index (χ1) is 12.3. The molecule has 4 saturated heterocycles. The van der Waals surface area contributed by atoms with Crippen LogP contribution >= 0.6 is 0 Å². The van der Waals surface area contributed by atoms with Crippen LogP contribution in [0.3, 0.4) is 0 Å². The Balaban J connectivity index is 1.37. The molecule has 4 fully saturated rings. The molecule has 0 aromatic heterocycles. The van der Waals surface area contributed by atoms with Crippen LogP contribution in [0, 0.1) is 0 Å². The van der Waals surface area contributed by atoms with Crippen molar-refractivity contribution in [2.24, 2.45) is 0 Å². The van der Waals surface area contributed by atoms with Crippen molar-refractivity contribution in [1.29, 1.82) is 0 Å². The number of amides is 1. The van der Waals surface area contributed by atoms with E-state index in [1.807, 2.05) is 6.07 Å². The van der Waals surface area contributed by atoms with Crippen LogP contribution in [0.1, 0.15) is 47.2 Å². The molecular formula is C20H28N4O. The molecule has 0 aliphatic carbocycles. The zero-order chi connectivity index (χ0) is 16.8. The van der Waals surface area contributed by atoms with Gasteiger partial charge in [0.25, 0.3) is 5.91 Å². The largest absolute Gasteiger partial charge is 0.330 e. The van der Waals surface area contributed by atoms with E-state index >= 15 is 0 Å². The van der Waals surface area contributed by atoms with E-state index in [0.717, 1.165) is 51.3 Å². The molecule has 134 valence electrons. The van der Waals surface area contributed by atoms with Gasteiger partial charge in [-0.05, 0) is 49.4 Å². The van der Waals surface area contributed by atoms with Gasteiger partial charge in [-0.25, -0.2) is 0 Å². The summed E-state index contributed by atoms with van der Waals surface area (Å²) in [6.07, 6.45) is 4.92. The Morgan fingerprint density at radius 3 is 2.80 bits per heavy atom. The number of carbonyl (C=O) groups is 1. The van der Waals surface area contributed by atoms with Crippen LogP contribution in [0.25, 0.3) is 0 Å². The first-order valence-electron chi connectivity index (χ1n) is 9.89.